The third-order valence-electron chi connectivity index (χ3n) is 2.27. The van der Waals surface area contributed by atoms with E-state index >= 15 is 0 Å². The summed E-state index contributed by atoms with van der Waals surface area (Å²) in [6.07, 6.45) is 3.51. The Hall–Kier alpha value is -0.960. The quantitative estimate of drug-likeness (QED) is 0.715. The maximum atomic E-state index is 12.8. The molecule has 0 heterocycles. The molecular weight excluding hydrogens is 196 g/mol. The average Bonchev–Trinajstić information content (AvgIpc) is 2.23. The Labute approximate surface area is 89.5 Å². The van der Waals surface area contributed by atoms with E-state index in [1.54, 1.807) is 6.07 Å². The molecule has 0 spiro atoms. The van der Waals surface area contributed by atoms with Gasteiger partial charge in [0, 0.05) is 6.54 Å². The highest BCUT2D eigenvalue weighted by molar-refractivity contribution is 5.17. The zero-order chi connectivity index (χ0) is 11.1. The van der Waals surface area contributed by atoms with Gasteiger partial charge in [0.25, 0.3) is 0 Å². The van der Waals surface area contributed by atoms with Gasteiger partial charge in [-0.1, -0.05) is 25.8 Å². The van der Waals surface area contributed by atoms with Crippen LogP contribution < -0.4 is 5.32 Å². The first-order valence-corrected chi connectivity index (χ1v) is 5.38. The summed E-state index contributed by atoms with van der Waals surface area (Å²) in [5.74, 6) is -1.56. The second kappa shape index (κ2) is 6.51. The van der Waals surface area contributed by atoms with Crippen LogP contribution in [0.15, 0.2) is 18.2 Å². The Bertz CT molecular complexity index is 300. The number of benzene rings is 1. The van der Waals surface area contributed by atoms with Crippen LogP contribution in [0.3, 0.4) is 0 Å². The summed E-state index contributed by atoms with van der Waals surface area (Å²) in [6.45, 7) is 3.67. The molecule has 0 saturated carbocycles. The molecular formula is C12H17F2N. The summed E-state index contributed by atoms with van der Waals surface area (Å²) in [7, 11) is 0. The predicted molar refractivity (Wildman–Crippen MR) is 57.6 cm³/mol. The molecule has 0 radical (unpaired) electrons. The highest BCUT2D eigenvalue weighted by atomic mass is 19.2. The van der Waals surface area contributed by atoms with Gasteiger partial charge in [-0.3, -0.25) is 0 Å². The summed E-state index contributed by atoms with van der Waals surface area (Å²) in [5.41, 5.74) is 0.783. The third-order valence-corrected chi connectivity index (χ3v) is 2.27. The fourth-order valence-electron chi connectivity index (χ4n) is 1.38. The van der Waals surface area contributed by atoms with E-state index in [2.05, 4.69) is 12.2 Å². The normalized spacial score (nSPS) is 10.6. The average molecular weight is 213 g/mol. The van der Waals surface area contributed by atoms with Crippen LogP contribution in [0, 0.1) is 11.6 Å². The Morgan fingerprint density at radius 1 is 1.13 bits per heavy atom. The van der Waals surface area contributed by atoms with Crippen molar-refractivity contribution in [3.8, 4) is 0 Å². The lowest BCUT2D eigenvalue weighted by Crippen LogP contribution is -2.14. The van der Waals surface area contributed by atoms with Crippen molar-refractivity contribution in [1.29, 1.82) is 0 Å². The number of unbranched alkanes of at least 4 members (excludes halogenated alkanes) is 2. The van der Waals surface area contributed by atoms with Gasteiger partial charge >= 0.3 is 0 Å². The molecule has 0 aliphatic rings. The second-order valence-corrected chi connectivity index (χ2v) is 3.63. The predicted octanol–water partition coefficient (Wildman–Crippen LogP) is 3.24. The molecule has 0 amide bonds. The van der Waals surface area contributed by atoms with Crippen LogP contribution in [0.2, 0.25) is 0 Å². The molecule has 15 heavy (non-hydrogen) atoms. The highest BCUT2D eigenvalue weighted by Crippen LogP contribution is 2.08. The zero-order valence-electron chi connectivity index (χ0n) is 9.02. The van der Waals surface area contributed by atoms with Crippen molar-refractivity contribution in [3.63, 3.8) is 0 Å². The first kappa shape index (κ1) is 12.1. The monoisotopic (exact) mass is 213 g/mol. The first-order valence-electron chi connectivity index (χ1n) is 5.38. The lowest BCUT2D eigenvalue weighted by molar-refractivity contribution is 0.505. The molecule has 0 aromatic heterocycles. The van der Waals surface area contributed by atoms with Gasteiger partial charge in [0.1, 0.15) is 0 Å². The van der Waals surface area contributed by atoms with Crippen molar-refractivity contribution in [2.24, 2.45) is 0 Å². The van der Waals surface area contributed by atoms with Gasteiger partial charge in [-0.25, -0.2) is 8.78 Å². The minimum atomic E-state index is -0.787. The molecule has 0 atom stereocenters. The molecule has 1 rings (SSSR count). The lowest BCUT2D eigenvalue weighted by Gasteiger charge is -2.04. The first-order chi connectivity index (χ1) is 7.24. The Morgan fingerprint density at radius 2 is 1.93 bits per heavy atom. The van der Waals surface area contributed by atoms with E-state index in [0.717, 1.165) is 18.5 Å². The van der Waals surface area contributed by atoms with Crippen LogP contribution in [0.25, 0.3) is 0 Å². The minimum Gasteiger partial charge on any atom is -0.313 e. The molecule has 0 saturated heterocycles. The van der Waals surface area contributed by atoms with E-state index in [9.17, 15) is 8.78 Å². The molecule has 0 aliphatic heterocycles. The molecule has 0 bridgehead atoms. The maximum absolute atomic E-state index is 12.8. The topological polar surface area (TPSA) is 12.0 Å². The number of halogens is 2. The van der Waals surface area contributed by atoms with Gasteiger partial charge in [0.15, 0.2) is 11.6 Å². The lowest BCUT2D eigenvalue weighted by atomic mass is 10.2. The van der Waals surface area contributed by atoms with Crippen LogP contribution in [0.5, 0.6) is 0 Å². The molecule has 3 heteroatoms. The summed E-state index contributed by atoms with van der Waals surface area (Å²) in [4.78, 5) is 0. The van der Waals surface area contributed by atoms with E-state index < -0.39 is 11.6 Å². The number of rotatable bonds is 6. The summed E-state index contributed by atoms with van der Waals surface area (Å²) < 4.78 is 25.4. The molecule has 84 valence electrons. The number of hydrogen-bond acceptors (Lipinski definition) is 1. The number of nitrogens with one attached hydrogen (secondary N) is 1. The summed E-state index contributed by atoms with van der Waals surface area (Å²) >= 11 is 0. The van der Waals surface area contributed by atoms with Crippen LogP contribution in [-0.2, 0) is 6.54 Å². The van der Waals surface area contributed by atoms with Crippen molar-refractivity contribution in [1.82, 2.24) is 5.32 Å². The fourth-order valence-corrected chi connectivity index (χ4v) is 1.38. The van der Waals surface area contributed by atoms with Gasteiger partial charge in [-0.05, 0) is 30.7 Å². The molecule has 0 unspecified atom stereocenters. The van der Waals surface area contributed by atoms with Crippen molar-refractivity contribution in [2.75, 3.05) is 6.54 Å². The largest absolute Gasteiger partial charge is 0.313 e. The Morgan fingerprint density at radius 3 is 2.60 bits per heavy atom. The zero-order valence-corrected chi connectivity index (χ0v) is 9.02. The third kappa shape index (κ3) is 4.38. The van der Waals surface area contributed by atoms with E-state index in [0.29, 0.717) is 6.54 Å². The second-order valence-electron chi connectivity index (χ2n) is 3.63. The Balaban J connectivity index is 2.28. The van der Waals surface area contributed by atoms with E-state index in [-0.39, 0.29) is 0 Å². The van der Waals surface area contributed by atoms with Crippen molar-refractivity contribution >= 4 is 0 Å². The van der Waals surface area contributed by atoms with Gasteiger partial charge in [0.2, 0.25) is 0 Å². The van der Waals surface area contributed by atoms with Crippen molar-refractivity contribution < 1.29 is 8.78 Å². The van der Waals surface area contributed by atoms with Crippen LogP contribution in [0.1, 0.15) is 31.7 Å². The Kier molecular flexibility index (Phi) is 5.26. The van der Waals surface area contributed by atoms with Crippen LogP contribution in [-0.4, -0.2) is 6.54 Å². The van der Waals surface area contributed by atoms with Gasteiger partial charge < -0.3 is 5.32 Å². The smallest absolute Gasteiger partial charge is 0.159 e. The van der Waals surface area contributed by atoms with Crippen molar-refractivity contribution in [2.45, 2.75) is 32.7 Å². The standard InChI is InChI=1S/C12H17F2N/c1-2-3-4-7-15-9-10-5-6-11(13)12(14)8-10/h5-6,8,15H,2-4,7,9H2,1H3. The van der Waals surface area contributed by atoms with Gasteiger partial charge in [-0.2, -0.15) is 0 Å². The molecule has 0 aliphatic carbocycles. The number of hydrogen-bond donors (Lipinski definition) is 1. The minimum absolute atomic E-state index is 0.598. The van der Waals surface area contributed by atoms with Gasteiger partial charge in [-0.15, -0.1) is 0 Å². The SMILES string of the molecule is CCCCCNCc1ccc(F)c(F)c1. The fraction of sp³-hybridized carbons (Fsp3) is 0.500. The van der Waals surface area contributed by atoms with Crippen LogP contribution in [0.4, 0.5) is 8.78 Å². The molecule has 1 N–H and O–H groups in total. The van der Waals surface area contributed by atoms with Gasteiger partial charge in [0.05, 0.1) is 0 Å². The molecule has 0 fully saturated rings. The summed E-state index contributed by atoms with van der Waals surface area (Å²) in [6, 6.07) is 4.01. The van der Waals surface area contributed by atoms with E-state index in [4.69, 9.17) is 0 Å². The highest BCUT2D eigenvalue weighted by Gasteiger charge is 2.01. The maximum Gasteiger partial charge on any atom is 0.159 e. The van der Waals surface area contributed by atoms with Crippen molar-refractivity contribution in [3.05, 3.63) is 35.4 Å². The molecule has 1 aromatic rings. The van der Waals surface area contributed by atoms with Crippen LogP contribution >= 0.6 is 0 Å². The summed E-state index contributed by atoms with van der Waals surface area (Å²) in [5, 5.41) is 3.19. The van der Waals surface area contributed by atoms with E-state index in [1.165, 1.54) is 25.0 Å². The van der Waals surface area contributed by atoms with E-state index in [1.807, 2.05) is 0 Å². The molecule has 1 aromatic carbocycles. The molecule has 1 nitrogen and oxygen atoms in total.